The van der Waals surface area contributed by atoms with Gasteiger partial charge in [0, 0.05) is 29.6 Å². The van der Waals surface area contributed by atoms with Gasteiger partial charge in [0.05, 0.1) is 11.6 Å². The van der Waals surface area contributed by atoms with Gasteiger partial charge in [-0.15, -0.1) is 0 Å². The highest BCUT2D eigenvalue weighted by Gasteiger charge is 2.28. The van der Waals surface area contributed by atoms with Crippen molar-refractivity contribution in [2.75, 3.05) is 0 Å². The fraction of sp³-hybridized carbons (Fsp3) is 0.286. The molecule has 1 aliphatic rings. The third kappa shape index (κ3) is 3.62. The molecule has 3 N–H and O–H groups in total. The molecule has 1 heterocycles. The maximum Gasteiger partial charge on any atom is 0.220 e. The molecular formula is C21H19F3N2O2. The third-order valence-electron chi connectivity index (χ3n) is 5.15. The van der Waals surface area contributed by atoms with E-state index >= 15 is 0 Å². The first-order valence-corrected chi connectivity index (χ1v) is 9.13. The van der Waals surface area contributed by atoms with Crippen molar-refractivity contribution < 1.29 is 23.1 Å². The van der Waals surface area contributed by atoms with Gasteiger partial charge in [-0.2, -0.15) is 0 Å². The molecule has 0 bridgehead atoms. The number of fused-ring (bicyclic) bond motifs is 1. The molecule has 4 rings (SSSR count). The number of hydrogen-bond acceptors (Lipinski definition) is 2. The number of aliphatic hydroxyl groups is 1. The van der Waals surface area contributed by atoms with Crippen molar-refractivity contribution in [3.63, 3.8) is 0 Å². The second-order valence-corrected chi connectivity index (χ2v) is 7.19. The van der Waals surface area contributed by atoms with Gasteiger partial charge in [-0.05, 0) is 60.7 Å². The molecule has 146 valence electrons. The summed E-state index contributed by atoms with van der Waals surface area (Å²) in [7, 11) is 0. The highest BCUT2D eigenvalue weighted by Crippen LogP contribution is 2.33. The maximum atomic E-state index is 14.2. The van der Waals surface area contributed by atoms with Gasteiger partial charge in [-0.25, -0.2) is 13.2 Å². The van der Waals surface area contributed by atoms with Gasteiger partial charge in [0.15, 0.2) is 0 Å². The molecule has 1 amide bonds. The largest absolute Gasteiger partial charge is 0.393 e. The Morgan fingerprint density at radius 2 is 1.82 bits per heavy atom. The average Bonchev–Trinajstić information content (AvgIpc) is 2.98. The molecule has 1 aromatic heterocycles. The Labute approximate surface area is 159 Å². The van der Waals surface area contributed by atoms with Gasteiger partial charge >= 0.3 is 0 Å². The van der Waals surface area contributed by atoms with Gasteiger partial charge in [-0.1, -0.05) is 0 Å². The zero-order valence-corrected chi connectivity index (χ0v) is 14.9. The molecule has 0 saturated heterocycles. The number of benzene rings is 2. The molecule has 1 fully saturated rings. The van der Waals surface area contributed by atoms with Crippen LogP contribution in [0.3, 0.4) is 0 Å². The molecule has 3 aromatic rings. The average molecular weight is 388 g/mol. The van der Waals surface area contributed by atoms with E-state index in [2.05, 4.69) is 10.3 Å². The minimum Gasteiger partial charge on any atom is -0.393 e. The van der Waals surface area contributed by atoms with Crippen LogP contribution in [0.2, 0.25) is 0 Å². The van der Waals surface area contributed by atoms with Crippen LogP contribution in [0.5, 0.6) is 0 Å². The van der Waals surface area contributed by atoms with Crippen molar-refractivity contribution in [1.82, 2.24) is 10.3 Å². The number of amides is 1. The number of hydrogen-bond donors (Lipinski definition) is 3. The zero-order chi connectivity index (χ0) is 19.8. The minimum absolute atomic E-state index is 0.0306. The van der Waals surface area contributed by atoms with Crippen LogP contribution >= 0.6 is 0 Å². The number of aromatic nitrogens is 1. The molecule has 28 heavy (non-hydrogen) atoms. The smallest absolute Gasteiger partial charge is 0.220 e. The summed E-state index contributed by atoms with van der Waals surface area (Å²) in [6, 6.07) is 7.67. The van der Waals surface area contributed by atoms with E-state index in [4.69, 9.17) is 0 Å². The van der Waals surface area contributed by atoms with E-state index < -0.39 is 17.5 Å². The summed E-state index contributed by atoms with van der Waals surface area (Å²) in [5.41, 5.74) is 1.91. The van der Waals surface area contributed by atoms with Crippen LogP contribution in [0.1, 0.15) is 24.8 Å². The number of aryl methyl sites for hydroxylation is 1. The zero-order valence-electron chi connectivity index (χ0n) is 14.9. The first-order chi connectivity index (χ1) is 13.4. The highest BCUT2D eigenvalue weighted by molar-refractivity contribution is 5.92. The van der Waals surface area contributed by atoms with Crippen molar-refractivity contribution >= 4 is 16.8 Å². The summed E-state index contributed by atoms with van der Waals surface area (Å²) in [5, 5.41) is 12.5. The molecule has 0 atom stereocenters. The summed E-state index contributed by atoms with van der Waals surface area (Å²) in [6.07, 6.45) is 1.10. The molecule has 0 unspecified atom stereocenters. The third-order valence-corrected chi connectivity index (χ3v) is 5.15. The van der Waals surface area contributed by atoms with Crippen LogP contribution in [0.25, 0.3) is 22.2 Å². The van der Waals surface area contributed by atoms with Gasteiger partial charge < -0.3 is 15.4 Å². The lowest BCUT2D eigenvalue weighted by atomic mass is 9.89. The van der Waals surface area contributed by atoms with Crippen LogP contribution < -0.4 is 5.32 Å². The molecule has 7 heteroatoms. The number of aliphatic hydroxyl groups excluding tert-OH is 1. The number of nitrogens with one attached hydrogen (secondary N) is 2. The van der Waals surface area contributed by atoms with E-state index in [9.17, 15) is 23.1 Å². The molecular weight excluding hydrogens is 369 g/mol. The Hall–Kier alpha value is -2.80. The van der Waals surface area contributed by atoms with E-state index in [-0.39, 0.29) is 36.4 Å². The van der Waals surface area contributed by atoms with E-state index in [1.165, 1.54) is 18.2 Å². The maximum absolute atomic E-state index is 14.2. The Morgan fingerprint density at radius 1 is 1.11 bits per heavy atom. The first kappa shape index (κ1) is 18.6. The van der Waals surface area contributed by atoms with Gasteiger partial charge in [-0.3, -0.25) is 4.79 Å². The number of aromatic amines is 1. The second kappa shape index (κ2) is 7.31. The second-order valence-electron chi connectivity index (χ2n) is 7.19. The van der Waals surface area contributed by atoms with Crippen LogP contribution in [0.4, 0.5) is 13.2 Å². The van der Waals surface area contributed by atoms with Gasteiger partial charge in [0.25, 0.3) is 0 Å². The van der Waals surface area contributed by atoms with Crippen molar-refractivity contribution in [3.8, 4) is 11.3 Å². The predicted octanol–water partition coefficient (Wildman–Crippen LogP) is 3.82. The van der Waals surface area contributed by atoms with E-state index in [1.54, 1.807) is 12.1 Å². The number of rotatable bonds is 5. The molecule has 1 saturated carbocycles. The van der Waals surface area contributed by atoms with Crippen LogP contribution in [-0.2, 0) is 11.2 Å². The van der Waals surface area contributed by atoms with E-state index in [0.717, 1.165) is 6.07 Å². The quantitative estimate of drug-likeness (QED) is 0.622. The van der Waals surface area contributed by atoms with Crippen LogP contribution in [-0.4, -0.2) is 28.1 Å². The summed E-state index contributed by atoms with van der Waals surface area (Å²) in [4.78, 5) is 15.2. The molecule has 0 spiro atoms. The normalized spacial score (nSPS) is 18.9. The Balaban J connectivity index is 1.65. The van der Waals surface area contributed by atoms with E-state index in [0.29, 0.717) is 35.0 Å². The van der Waals surface area contributed by atoms with Crippen molar-refractivity contribution in [2.24, 2.45) is 0 Å². The summed E-state index contributed by atoms with van der Waals surface area (Å²) < 4.78 is 41.3. The lowest BCUT2D eigenvalue weighted by molar-refractivity contribution is -0.123. The standard InChI is InChI=1S/C21H19F3N2O2/c22-12-3-1-11(2-4-12)20-16(5-6-19(28)25-14-9-15(27)10-14)17-7-13(23)8-18(24)21(17)26-20/h1-4,7-8,14-15,26-27H,5-6,9-10H2,(H,25,28)/t14-,15-. The number of carbonyl (C=O) groups excluding carboxylic acids is 1. The number of carbonyl (C=O) groups is 1. The predicted molar refractivity (Wildman–Crippen MR) is 99.1 cm³/mol. The SMILES string of the molecule is O=C(CCc1c(-c2ccc(F)cc2)[nH]c2c(F)cc(F)cc12)N[C@H]1C[C@H](O)C1. The van der Waals surface area contributed by atoms with Crippen molar-refractivity contribution in [3.05, 3.63) is 59.4 Å². The highest BCUT2D eigenvalue weighted by atomic mass is 19.1. The summed E-state index contributed by atoms with van der Waals surface area (Å²) in [5.74, 6) is -2.02. The summed E-state index contributed by atoms with van der Waals surface area (Å²) in [6.45, 7) is 0. The summed E-state index contributed by atoms with van der Waals surface area (Å²) >= 11 is 0. The molecule has 4 nitrogen and oxygen atoms in total. The molecule has 0 aliphatic heterocycles. The minimum atomic E-state index is -0.725. The van der Waals surface area contributed by atoms with Gasteiger partial charge in [0.1, 0.15) is 17.5 Å². The molecule has 0 radical (unpaired) electrons. The fourth-order valence-corrected chi connectivity index (χ4v) is 3.64. The van der Waals surface area contributed by atoms with Crippen molar-refractivity contribution in [1.29, 1.82) is 0 Å². The Kier molecular flexibility index (Phi) is 4.85. The topological polar surface area (TPSA) is 65.1 Å². The van der Waals surface area contributed by atoms with Crippen LogP contribution in [0, 0.1) is 17.5 Å². The molecule has 2 aromatic carbocycles. The van der Waals surface area contributed by atoms with Gasteiger partial charge in [0.2, 0.25) is 5.91 Å². The van der Waals surface area contributed by atoms with Crippen molar-refractivity contribution in [2.45, 2.75) is 37.8 Å². The van der Waals surface area contributed by atoms with Crippen LogP contribution in [0.15, 0.2) is 36.4 Å². The lowest BCUT2D eigenvalue weighted by Gasteiger charge is -2.31. The Morgan fingerprint density at radius 3 is 2.50 bits per heavy atom. The Bertz CT molecular complexity index is 1020. The number of H-pyrrole nitrogens is 1. The first-order valence-electron chi connectivity index (χ1n) is 9.13. The van der Waals surface area contributed by atoms with E-state index in [1.807, 2.05) is 0 Å². The fourth-order valence-electron chi connectivity index (χ4n) is 3.64. The number of halogens is 3. The lowest BCUT2D eigenvalue weighted by Crippen LogP contribution is -2.46. The monoisotopic (exact) mass is 388 g/mol. The molecule has 1 aliphatic carbocycles.